The van der Waals surface area contributed by atoms with Crippen molar-refractivity contribution in [3.05, 3.63) is 24.0 Å². The van der Waals surface area contributed by atoms with Crippen molar-refractivity contribution in [2.75, 3.05) is 36.0 Å². The van der Waals surface area contributed by atoms with Crippen LogP contribution in [0.2, 0.25) is 0 Å². The zero-order chi connectivity index (χ0) is 17.2. The average molecular weight is 351 g/mol. The van der Waals surface area contributed by atoms with E-state index in [1.165, 1.54) is 6.42 Å². The SMILES string of the molecule is CCN(c1ccc(C(=O)N2CCCCC2)nc1)C1CCS(=O)(=O)C1. The van der Waals surface area contributed by atoms with Gasteiger partial charge in [0.15, 0.2) is 9.84 Å². The van der Waals surface area contributed by atoms with Crippen LogP contribution in [-0.2, 0) is 9.84 Å². The van der Waals surface area contributed by atoms with Crippen molar-refractivity contribution in [3.8, 4) is 0 Å². The summed E-state index contributed by atoms with van der Waals surface area (Å²) in [5.74, 6) is 0.454. The van der Waals surface area contributed by atoms with E-state index in [0.29, 0.717) is 12.1 Å². The molecular weight excluding hydrogens is 326 g/mol. The van der Waals surface area contributed by atoms with Crippen molar-refractivity contribution in [2.24, 2.45) is 0 Å². The lowest BCUT2D eigenvalue weighted by atomic mass is 10.1. The third-order valence-electron chi connectivity index (χ3n) is 4.93. The number of hydrogen-bond donors (Lipinski definition) is 0. The van der Waals surface area contributed by atoms with Crippen LogP contribution < -0.4 is 4.90 Å². The maximum atomic E-state index is 12.5. The van der Waals surface area contributed by atoms with Gasteiger partial charge in [-0.25, -0.2) is 13.4 Å². The smallest absolute Gasteiger partial charge is 0.272 e. The van der Waals surface area contributed by atoms with Crippen molar-refractivity contribution in [1.29, 1.82) is 0 Å². The summed E-state index contributed by atoms with van der Waals surface area (Å²) in [5.41, 5.74) is 1.35. The fraction of sp³-hybridized carbons (Fsp3) is 0.647. The fourth-order valence-electron chi connectivity index (χ4n) is 3.61. The number of likely N-dealkylation sites (tertiary alicyclic amines) is 1. The molecule has 2 saturated heterocycles. The van der Waals surface area contributed by atoms with Crippen LogP contribution in [0.1, 0.15) is 43.1 Å². The Morgan fingerprint density at radius 2 is 2.04 bits per heavy atom. The molecule has 0 bridgehead atoms. The normalized spacial score (nSPS) is 23.2. The molecule has 1 aromatic heterocycles. The summed E-state index contributed by atoms with van der Waals surface area (Å²) >= 11 is 0. The minimum absolute atomic E-state index is 0.00504. The molecule has 0 aromatic carbocycles. The van der Waals surface area contributed by atoms with Crippen molar-refractivity contribution in [3.63, 3.8) is 0 Å². The average Bonchev–Trinajstić information content (AvgIpc) is 2.96. The van der Waals surface area contributed by atoms with Crippen molar-refractivity contribution in [2.45, 2.75) is 38.6 Å². The molecular formula is C17H25N3O3S. The van der Waals surface area contributed by atoms with Crippen molar-refractivity contribution >= 4 is 21.4 Å². The lowest BCUT2D eigenvalue weighted by molar-refractivity contribution is 0.0718. The minimum atomic E-state index is -2.92. The van der Waals surface area contributed by atoms with Crippen LogP contribution in [0, 0.1) is 0 Å². The summed E-state index contributed by atoms with van der Waals surface area (Å²) in [7, 11) is -2.92. The first-order valence-electron chi connectivity index (χ1n) is 8.72. The first-order chi connectivity index (χ1) is 11.5. The molecule has 3 heterocycles. The van der Waals surface area contributed by atoms with Crippen LogP contribution in [0.4, 0.5) is 5.69 Å². The van der Waals surface area contributed by atoms with Crippen LogP contribution in [0.3, 0.4) is 0 Å². The Morgan fingerprint density at radius 3 is 2.58 bits per heavy atom. The standard InChI is InChI=1S/C17H25N3O3S/c1-2-20(15-8-11-24(22,23)13-15)14-6-7-16(18-12-14)17(21)19-9-4-3-5-10-19/h6-7,12,15H,2-5,8-11,13H2,1H3. The summed E-state index contributed by atoms with van der Waals surface area (Å²) in [6, 6.07) is 3.65. The summed E-state index contributed by atoms with van der Waals surface area (Å²) in [5, 5.41) is 0. The molecule has 0 aliphatic carbocycles. The lowest BCUT2D eigenvalue weighted by Gasteiger charge is -2.29. The van der Waals surface area contributed by atoms with Gasteiger partial charge < -0.3 is 9.80 Å². The molecule has 2 aliphatic rings. The second kappa shape index (κ2) is 7.09. The molecule has 1 amide bonds. The van der Waals surface area contributed by atoms with E-state index < -0.39 is 9.84 Å². The van der Waals surface area contributed by atoms with Gasteiger partial charge in [-0.3, -0.25) is 4.79 Å². The number of carbonyl (C=O) groups is 1. The van der Waals surface area contributed by atoms with E-state index in [9.17, 15) is 13.2 Å². The number of nitrogens with zero attached hydrogens (tertiary/aromatic N) is 3. The molecule has 6 nitrogen and oxygen atoms in total. The molecule has 0 spiro atoms. The number of piperidine rings is 1. The van der Waals surface area contributed by atoms with Crippen LogP contribution in [0.15, 0.2) is 18.3 Å². The number of hydrogen-bond acceptors (Lipinski definition) is 5. The minimum Gasteiger partial charge on any atom is -0.367 e. The first kappa shape index (κ1) is 17.2. The van der Waals surface area contributed by atoms with Gasteiger partial charge in [0.1, 0.15) is 5.69 Å². The highest BCUT2D eigenvalue weighted by Gasteiger charge is 2.32. The molecule has 7 heteroatoms. The number of carbonyl (C=O) groups excluding carboxylic acids is 1. The maximum Gasteiger partial charge on any atom is 0.272 e. The molecule has 1 unspecified atom stereocenters. The first-order valence-corrected chi connectivity index (χ1v) is 10.5. The molecule has 2 aliphatic heterocycles. The lowest BCUT2D eigenvalue weighted by Crippen LogP contribution is -2.37. The van der Waals surface area contributed by atoms with E-state index >= 15 is 0 Å². The maximum absolute atomic E-state index is 12.5. The molecule has 1 atom stereocenters. The van der Waals surface area contributed by atoms with Gasteiger partial charge in [-0.05, 0) is 44.7 Å². The molecule has 132 valence electrons. The largest absolute Gasteiger partial charge is 0.367 e. The summed E-state index contributed by atoms with van der Waals surface area (Å²) in [6.07, 6.45) is 5.66. The van der Waals surface area contributed by atoms with E-state index in [1.807, 2.05) is 17.9 Å². The van der Waals surface area contributed by atoms with Crippen molar-refractivity contribution in [1.82, 2.24) is 9.88 Å². The number of amides is 1. The number of sulfone groups is 1. The Kier molecular flexibility index (Phi) is 5.08. The third kappa shape index (κ3) is 3.71. The zero-order valence-corrected chi connectivity index (χ0v) is 15.0. The van der Waals surface area contributed by atoms with Gasteiger partial charge in [-0.2, -0.15) is 0 Å². The number of pyridine rings is 1. The van der Waals surface area contributed by atoms with Gasteiger partial charge in [0.25, 0.3) is 5.91 Å². The Labute approximate surface area is 143 Å². The van der Waals surface area contributed by atoms with Crippen LogP contribution >= 0.6 is 0 Å². The Hall–Kier alpha value is -1.63. The number of aromatic nitrogens is 1. The van der Waals surface area contributed by atoms with Gasteiger partial charge in [-0.15, -0.1) is 0 Å². The zero-order valence-electron chi connectivity index (χ0n) is 14.1. The van der Waals surface area contributed by atoms with Gasteiger partial charge >= 0.3 is 0 Å². The second-order valence-corrected chi connectivity index (χ2v) is 8.83. The second-order valence-electron chi connectivity index (χ2n) is 6.60. The molecule has 3 rings (SSSR count). The Morgan fingerprint density at radius 1 is 1.29 bits per heavy atom. The fourth-order valence-corrected chi connectivity index (χ4v) is 5.34. The van der Waals surface area contributed by atoms with Crippen molar-refractivity contribution < 1.29 is 13.2 Å². The molecule has 0 N–H and O–H groups in total. The highest BCUT2D eigenvalue weighted by molar-refractivity contribution is 7.91. The predicted molar refractivity (Wildman–Crippen MR) is 94.1 cm³/mol. The summed E-state index contributed by atoms with van der Waals surface area (Å²) < 4.78 is 23.4. The highest BCUT2D eigenvalue weighted by Crippen LogP contribution is 2.24. The molecule has 1 aromatic rings. The van der Waals surface area contributed by atoms with Gasteiger partial charge in [0, 0.05) is 25.7 Å². The van der Waals surface area contributed by atoms with E-state index in [4.69, 9.17) is 0 Å². The van der Waals surface area contributed by atoms with Gasteiger partial charge in [0.05, 0.1) is 23.4 Å². The van der Waals surface area contributed by atoms with Gasteiger partial charge in [-0.1, -0.05) is 0 Å². The molecule has 24 heavy (non-hydrogen) atoms. The monoisotopic (exact) mass is 351 g/mol. The van der Waals surface area contributed by atoms with E-state index in [0.717, 1.165) is 38.2 Å². The van der Waals surface area contributed by atoms with Gasteiger partial charge in [0.2, 0.25) is 0 Å². The highest BCUT2D eigenvalue weighted by atomic mass is 32.2. The van der Waals surface area contributed by atoms with E-state index in [1.54, 1.807) is 12.3 Å². The van der Waals surface area contributed by atoms with Crippen LogP contribution in [0.5, 0.6) is 0 Å². The molecule has 0 saturated carbocycles. The van der Waals surface area contributed by atoms with Crippen LogP contribution in [0.25, 0.3) is 0 Å². The number of anilines is 1. The van der Waals surface area contributed by atoms with E-state index in [2.05, 4.69) is 9.88 Å². The summed E-state index contributed by atoms with van der Waals surface area (Å²) in [6.45, 7) is 4.35. The Bertz CT molecular complexity index is 682. The molecule has 2 fully saturated rings. The van der Waals surface area contributed by atoms with E-state index in [-0.39, 0.29) is 23.5 Å². The quantitative estimate of drug-likeness (QED) is 0.826. The third-order valence-corrected chi connectivity index (χ3v) is 6.68. The van der Waals surface area contributed by atoms with Crippen LogP contribution in [-0.4, -0.2) is 61.4 Å². The summed E-state index contributed by atoms with van der Waals surface area (Å²) in [4.78, 5) is 20.8. The molecule has 0 radical (unpaired) electrons. The predicted octanol–water partition coefficient (Wildman–Crippen LogP) is 1.72. The number of rotatable bonds is 4. The Balaban J connectivity index is 1.72. The topological polar surface area (TPSA) is 70.6 Å².